The molecular formula is C13H15ClF3NO. The molecule has 0 aromatic heterocycles. The third-order valence-electron chi connectivity index (χ3n) is 2.68. The van der Waals surface area contributed by atoms with E-state index in [0.29, 0.717) is 10.6 Å². The largest absolute Gasteiger partial charge is 0.401 e. The maximum Gasteiger partial charge on any atom is 0.401 e. The van der Waals surface area contributed by atoms with E-state index in [1.165, 1.54) is 0 Å². The minimum atomic E-state index is -4.28. The molecule has 1 unspecified atom stereocenters. The molecule has 0 aliphatic heterocycles. The number of Topliss-reactive ketones (excluding diaryl/α,β-unsaturated/α-hetero) is 1. The molecule has 0 aliphatic rings. The van der Waals surface area contributed by atoms with Crippen molar-refractivity contribution in [2.24, 2.45) is 0 Å². The molecule has 19 heavy (non-hydrogen) atoms. The Morgan fingerprint density at radius 2 is 1.89 bits per heavy atom. The van der Waals surface area contributed by atoms with E-state index in [1.807, 2.05) is 0 Å². The van der Waals surface area contributed by atoms with E-state index in [9.17, 15) is 18.0 Å². The van der Waals surface area contributed by atoms with Crippen LogP contribution in [0.5, 0.6) is 0 Å². The molecule has 106 valence electrons. The first kappa shape index (κ1) is 16.0. The molecule has 0 amide bonds. The van der Waals surface area contributed by atoms with Crippen molar-refractivity contribution >= 4 is 17.4 Å². The number of carbonyl (C=O) groups excluding carboxylic acids is 1. The van der Waals surface area contributed by atoms with Gasteiger partial charge in [-0.1, -0.05) is 30.7 Å². The van der Waals surface area contributed by atoms with Crippen LogP contribution >= 0.6 is 11.6 Å². The monoisotopic (exact) mass is 293 g/mol. The van der Waals surface area contributed by atoms with Gasteiger partial charge in [0.15, 0.2) is 0 Å². The summed E-state index contributed by atoms with van der Waals surface area (Å²) in [7, 11) is 0. The number of alkyl halides is 3. The zero-order valence-corrected chi connectivity index (χ0v) is 11.2. The van der Waals surface area contributed by atoms with Crippen LogP contribution < -0.4 is 5.32 Å². The van der Waals surface area contributed by atoms with Crippen LogP contribution in [0.2, 0.25) is 5.02 Å². The Morgan fingerprint density at radius 1 is 1.32 bits per heavy atom. The number of benzene rings is 1. The molecule has 0 saturated carbocycles. The van der Waals surface area contributed by atoms with Gasteiger partial charge >= 0.3 is 6.18 Å². The number of halogens is 4. The molecule has 0 fully saturated rings. The summed E-state index contributed by atoms with van der Waals surface area (Å²) in [5, 5.41) is 2.80. The summed E-state index contributed by atoms with van der Waals surface area (Å²) >= 11 is 5.74. The van der Waals surface area contributed by atoms with Crippen molar-refractivity contribution in [3.8, 4) is 0 Å². The first-order valence-corrected chi connectivity index (χ1v) is 6.27. The molecule has 1 atom stereocenters. The van der Waals surface area contributed by atoms with Crippen LogP contribution in [0.15, 0.2) is 24.3 Å². The van der Waals surface area contributed by atoms with Crippen molar-refractivity contribution in [2.75, 3.05) is 13.1 Å². The molecule has 0 heterocycles. The lowest BCUT2D eigenvalue weighted by atomic mass is 9.93. The van der Waals surface area contributed by atoms with Gasteiger partial charge in [-0.15, -0.1) is 0 Å². The maximum atomic E-state index is 12.1. The summed E-state index contributed by atoms with van der Waals surface area (Å²) < 4.78 is 36.2. The summed E-state index contributed by atoms with van der Waals surface area (Å²) in [5.41, 5.74) is 0.672. The van der Waals surface area contributed by atoms with Gasteiger partial charge in [0.05, 0.1) is 12.5 Å². The third-order valence-corrected chi connectivity index (χ3v) is 2.94. The van der Waals surface area contributed by atoms with Crippen LogP contribution in [-0.2, 0) is 4.79 Å². The van der Waals surface area contributed by atoms with E-state index in [-0.39, 0.29) is 18.7 Å². The second-order valence-electron chi connectivity index (χ2n) is 4.17. The van der Waals surface area contributed by atoms with Gasteiger partial charge in [-0.25, -0.2) is 0 Å². The third kappa shape index (κ3) is 5.61. The Hall–Kier alpha value is -1.07. The van der Waals surface area contributed by atoms with Crippen LogP contribution in [0.4, 0.5) is 13.2 Å². The summed E-state index contributed by atoms with van der Waals surface area (Å²) in [5.74, 6) is -0.679. The maximum absolute atomic E-state index is 12.1. The first-order valence-electron chi connectivity index (χ1n) is 5.89. The molecule has 1 aromatic rings. The molecule has 1 aromatic carbocycles. The summed E-state index contributed by atoms with van der Waals surface area (Å²) in [6.45, 7) is 0.552. The molecular weight excluding hydrogens is 279 g/mol. The van der Waals surface area contributed by atoms with Crippen molar-refractivity contribution in [2.45, 2.75) is 25.4 Å². The fraction of sp³-hybridized carbons (Fsp3) is 0.462. The summed E-state index contributed by atoms with van der Waals surface area (Å²) in [6, 6.07) is 6.57. The van der Waals surface area contributed by atoms with E-state index < -0.39 is 18.6 Å². The van der Waals surface area contributed by atoms with Gasteiger partial charge in [-0.05, 0) is 17.7 Å². The Bertz CT molecular complexity index is 417. The average Bonchev–Trinajstić information content (AvgIpc) is 2.34. The quantitative estimate of drug-likeness (QED) is 0.869. The SMILES string of the molecule is CCC(=O)C(CNCC(F)(F)F)c1ccc(Cl)cc1. The molecule has 1 rings (SSSR count). The molecule has 0 radical (unpaired) electrons. The van der Waals surface area contributed by atoms with Gasteiger partial charge in [-0.3, -0.25) is 4.79 Å². The molecule has 2 nitrogen and oxygen atoms in total. The Labute approximate surface area is 114 Å². The molecule has 0 bridgehead atoms. The van der Waals surface area contributed by atoms with Crippen molar-refractivity contribution in [3.05, 3.63) is 34.9 Å². The average molecular weight is 294 g/mol. The predicted octanol–water partition coefficient (Wildman–Crippen LogP) is 3.55. The Balaban J connectivity index is 2.73. The second kappa shape index (κ2) is 6.91. The summed E-state index contributed by atoms with van der Waals surface area (Å²) in [6.07, 6.45) is -4.00. The Morgan fingerprint density at radius 3 is 2.37 bits per heavy atom. The number of hydrogen-bond acceptors (Lipinski definition) is 2. The van der Waals surface area contributed by atoms with E-state index in [4.69, 9.17) is 11.6 Å². The lowest BCUT2D eigenvalue weighted by Crippen LogP contribution is -2.34. The normalized spacial score (nSPS) is 13.3. The molecule has 0 spiro atoms. The van der Waals surface area contributed by atoms with Gasteiger partial charge in [0.25, 0.3) is 0 Å². The fourth-order valence-electron chi connectivity index (χ4n) is 1.72. The highest BCUT2D eigenvalue weighted by Gasteiger charge is 2.27. The van der Waals surface area contributed by atoms with Crippen LogP contribution in [-0.4, -0.2) is 25.0 Å². The Kier molecular flexibility index (Phi) is 5.82. The minimum absolute atomic E-state index is 0.0339. The lowest BCUT2D eigenvalue weighted by Gasteiger charge is -2.17. The van der Waals surface area contributed by atoms with Crippen LogP contribution in [0.25, 0.3) is 0 Å². The molecule has 0 saturated heterocycles. The van der Waals surface area contributed by atoms with Gasteiger partial charge in [-0.2, -0.15) is 13.2 Å². The van der Waals surface area contributed by atoms with E-state index in [2.05, 4.69) is 5.32 Å². The van der Waals surface area contributed by atoms with Gasteiger partial charge in [0, 0.05) is 18.0 Å². The van der Waals surface area contributed by atoms with Crippen molar-refractivity contribution < 1.29 is 18.0 Å². The van der Waals surface area contributed by atoms with Crippen molar-refractivity contribution in [1.29, 1.82) is 0 Å². The van der Waals surface area contributed by atoms with E-state index in [1.54, 1.807) is 31.2 Å². The standard InChI is InChI=1S/C13H15ClF3NO/c1-2-12(19)11(7-18-8-13(15,16)17)9-3-5-10(14)6-4-9/h3-6,11,18H,2,7-8H2,1H3. The van der Waals surface area contributed by atoms with Crippen LogP contribution in [0, 0.1) is 0 Å². The highest BCUT2D eigenvalue weighted by molar-refractivity contribution is 6.30. The number of nitrogens with one attached hydrogen (secondary N) is 1. The van der Waals surface area contributed by atoms with Gasteiger partial charge < -0.3 is 5.32 Å². The van der Waals surface area contributed by atoms with Crippen molar-refractivity contribution in [1.82, 2.24) is 5.32 Å². The second-order valence-corrected chi connectivity index (χ2v) is 4.61. The fourth-order valence-corrected chi connectivity index (χ4v) is 1.84. The zero-order chi connectivity index (χ0) is 14.5. The zero-order valence-electron chi connectivity index (χ0n) is 10.4. The number of carbonyl (C=O) groups is 1. The first-order chi connectivity index (χ1) is 8.83. The van der Waals surface area contributed by atoms with E-state index >= 15 is 0 Å². The van der Waals surface area contributed by atoms with Crippen LogP contribution in [0.3, 0.4) is 0 Å². The highest BCUT2D eigenvalue weighted by atomic mass is 35.5. The van der Waals surface area contributed by atoms with Crippen molar-refractivity contribution in [3.63, 3.8) is 0 Å². The van der Waals surface area contributed by atoms with E-state index in [0.717, 1.165) is 0 Å². The molecule has 6 heteroatoms. The number of ketones is 1. The lowest BCUT2D eigenvalue weighted by molar-refractivity contribution is -0.127. The highest BCUT2D eigenvalue weighted by Crippen LogP contribution is 2.21. The topological polar surface area (TPSA) is 29.1 Å². The van der Waals surface area contributed by atoms with Crippen LogP contribution in [0.1, 0.15) is 24.8 Å². The van der Waals surface area contributed by atoms with Gasteiger partial charge in [0.2, 0.25) is 0 Å². The van der Waals surface area contributed by atoms with Gasteiger partial charge in [0.1, 0.15) is 5.78 Å². The smallest absolute Gasteiger partial charge is 0.308 e. The molecule has 1 N–H and O–H groups in total. The number of hydrogen-bond donors (Lipinski definition) is 1. The molecule has 0 aliphatic carbocycles. The number of rotatable bonds is 6. The summed E-state index contributed by atoms with van der Waals surface area (Å²) in [4.78, 5) is 11.8. The minimum Gasteiger partial charge on any atom is -0.308 e. The predicted molar refractivity (Wildman–Crippen MR) is 68.4 cm³/mol.